The Morgan fingerprint density at radius 2 is 1.94 bits per heavy atom. The van der Waals surface area contributed by atoms with Gasteiger partial charge in [-0.2, -0.15) is 0 Å². The van der Waals surface area contributed by atoms with Gasteiger partial charge in [-0.1, -0.05) is 13.0 Å². The third kappa shape index (κ3) is 2.85. The van der Waals surface area contributed by atoms with Crippen LogP contribution in [0.5, 0.6) is 0 Å². The average molecular weight is 421 g/mol. The summed E-state index contributed by atoms with van der Waals surface area (Å²) in [6, 6.07) is 8.28. The van der Waals surface area contributed by atoms with E-state index in [1.165, 1.54) is 6.07 Å². The molecule has 1 amide bonds. The number of benzene rings is 1. The third-order valence-electron chi connectivity index (χ3n) is 7.16. The van der Waals surface area contributed by atoms with Crippen molar-refractivity contribution in [2.24, 2.45) is 23.7 Å². The molecule has 0 radical (unpaired) electrons. The smallest absolute Gasteiger partial charge is 0.228 e. The van der Waals surface area contributed by atoms with Gasteiger partial charge in [0.05, 0.1) is 23.6 Å². The highest BCUT2D eigenvalue weighted by Gasteiger charge is 2.59. The number of rotatable bonds is 4. The number of aromatic nitrogens is 4. The van der Waals surface area contributed by atoms with Gasteiger partial charge in [0.15, 0.2) is 11.6 Å². The zero-order valence-corrected chi connectivity index (χ0v) is 16.9. The number of hydrogen-bond donors (Lipinski definition) is 1. The van der Waals surface area contributed by atoms with E-state index in [0.717, 1.165) is 24.6 Å². The molecule has 2 fully saturated rings. The normalized spacial score (nSPS) is 25.6. The molecule has 8 heteroatoms. The van der Waals surface area contributed by atoms with Gasteiger partial charge < -0.3 is 9.88 Å². The van der Waals surface area contributed by atoms with Gasteiger partial charge in [-0.25, -0.2) is 18.7 Å². The van der Waals surface area contributed by atoms with Gasteiger partial charge >= 0.3 is 0 Å². The largest absolute Gasteiger partial charge is 0.327 e. The lowest BCUT2D eigenvalue weighted by atomic mass is 9.96. The number of carbonyl (C=O) groups excluding carboxylic acids is 1. The fourth-order valence-electron chi connectivity index (χ4n) is 5.59. The van der Waals surface area contributed by atoms with Gasteiger partial charge in [0.1, 0.15) is 11.5 Å². The molecule has 158 valence electrons. The van der Waals surface area contributed by atoms with E-state index < -0.39 is 11.6 Å². The van der Waals surface area contributed by atoms with E-state index in [1.807, 2.05) is 40.3 Å². The van der Waals surface area contributed by atoms with Crippen LogP contribution in [0.2, 0.25) is 0 Å². The topological polar surface area (TPSA) is 64.2 Å². The highest BCUT2D eigenvalue weighted by Crippen LogP contribution is 2.64. The van der Waals surface area contributed by atoms with Gasteiger partial charge in [-0.15, -0.1) is 0 Å². The Hall–Kier alpha value is -3.29. The molecule has 4 aromatic rings. The third-order valence-corrected chi connectivity index (χ3v) is 7.16. The maximum atomic E-state index is 13.7. The van der Waals surface area contributed by atoms with Crippen LogP contribution in [0.1, 0.15) is 25.8 Å². The highest BCUT2D eigenvalue weighted by molar-refractivity contribution is 5.92. The lowest BCUT2D eigenvalue weighted by Gasteiger charge is -2.19. The number of hydrogen-bond acceptors (Lipinski definition) is 3. The number of fused-ring (bicyclic) bond motifs is 3. The summed E-state index contributed by atoms with van der Waals surface area (Å²) in [6.07, 6.45) is 7.08. The molecule has 31 heavy (non-hydrogen) atoms. The Kier molecular flexibility index (Phi) is 3.94. The second-order valence-corrected chi connectivity index (χ2v) is 8.79. The Balaban J connectivity index is 1.14. The molecule has 2 saturated carbocycles. The predicted octanol–water partition coefficient (Wildman–Crippen LogP) is 4.43. The maximum Gasteiger partial charge on any atom is 0.228 e. The molecule has 0 aliphatic heterocycles. The van der Waals surface area contributed by atoms with Crippen LogP contribution < -0.4 is 5.32 Å². The van der Waals surface area contributed by atoms with Crippen molar-refractivity contribution in [1.82, 2.24) is 18.9 Å². The summed E-state index contributed by atoms with van der Waals surface area (Å²) in [4.78, 5) is 21.4. The SMILES string of the molecule is CC(C(=O)Nc1cnc2ccccn12)C1[C@H]2CC(n3cnc4cc(F)c(F)cc43)C[C@@H]12. The summed E-state index contributed by atoms with van der Waals surface area (Å²) in [5, 5.41) is 3.02. The molecule has 3 heterocycles. The van der Waals surface area contributed by atoms with Gasteiger partial charge in [-0.3, -0.25) is 9.20 Å². The second kappa shape index (κ2) is 6.60. The molecule has 0 bridgehead atoms. The number of nitrogens with one attached hydrogen (secondary N) is 1. The van der Waals surface area contributed by atoms with Crippen LogP contribution in [0.3, 0.4) is 0 Å². The van der Waals surface area contributed by atoms with E-state index >= 15 is 0 Å². The zero-order chi connectivity index (χ0) is 21.3. The van der Waals surface area contributed by atoms with E-state index in [0.29, 0.717) is 34.6 Å². The van der Waals surface area contributed by atoms with Crippen LogP contribution in [0.4, 0.5) is 14.6 Å². The average Bonchev–Trinajstić information content (AvgIpc) is 3.15. The molecule has 0 spiro atoms. The molecule has 5 atom stereocenters. The fourth-order valence-corrected chi connectivity index (χ4v) is 5.59. The lowest BCUT2D eigenvalue weighted by Crippen LogP contribution is -2.25. The molecular formula is C23H21F2N5O. The minimum Gasteiger partial charge on any atom is -0.327 e. The summed E-state index contributed by atoms with van der Waals surface area (Å²) in [5.41, 5.74) is 1.89. The van der Waals surface area contributed by atoms with Crippen LogP contribution in [0.15, 0.2) is 49.1 Å². The number of pyridine rings is 1. The van der Waals surface area contributed by atoms with Crippen LogP contribution >= 0.6 is 0 Å². The van der Waals surface area contributed by atoms with E-state index in [1.54, 1.807) is 12.5 Å². The first-order valence-electron chi connectivity index (χ1n) is 10.6. The van der Waals surface area contributed by atoms with Crippen LogP contribution in [-0.2, 0) is 4.79 Å². The van der Waals surface area contributed by atoms with Crippen LogP contribution in [0, 0.1) is 35.3 Å². The van der Waals surface area contributed by atoms with Crippen molar-refractivity contribution >= 4 is 28.4 Å². The Morgan fingerprint density at radius 1 is 1.16 bits per heavy atom. The first kappa shape index (κ1) is 18.5. The van der Waals surface area contributed by atoms with E-state index in [2.05, 4.69) is 15.3 Å². The molecule has 2 aliphatic rings. The number of carbonyl (C=O) groups is 1. The second-order valence-electron chi connectivity index (χ2n) is 8.79. The number of nitrogens with zero attached hydrogens (tertiary/aromatic N) is 4. The first-order chi connectivity index (χ1) is 15.0. The highest BCUT2D eigenvalue weighted by atomic mass is 19.2. The quantitative estimate of drug-likeness (QED) is 0.530. The van der Waals surface area contributed by atoms with Crippen LogP contribution in [-0.4, -0.2) is 24.8 Å². The zero-order valence-electron chi connectivity index (χ0n) is 16.9. The number of imidazole rings is 2. The molecule has 3 aromatic heterocycles. The summed E-state index contributed by atoms with van der Waals surface area (Å²) < 4.78 is 31.0. The van der Waals surface area contributed by atoms with Crippen molar-refractivity contribution < 1.29 is 13.6 Å². The predicted molar refractivity (Wildman–Crippen MR) is 111 cm³/mol. The van der Waals surface area contributed by atoms with E-state index in [-0.39, 0.29) is 17.9 Å². The minimum atomic E-state index is -0.877. The summed E-state index contributed by atoms with van der Waals surface area (Å²) >= 11 is 0. The van der Waals surface area contributed by atoms with Crippen molar-refractivity contribution in [3.8, 4) is 0 Å². The maximum absolute atomic E-state index is 13.7. The number of amides is 1. The van der Waals surface area contributed by atoms with Crippen molar-refractivity contribution in [3.63, 3.8) is 0 Å². The van der Waals surface area contributed by atoms with Gasteiger partial charge in [0.25, 0.3) is 0 Å². The standard InChI is InChI=1S/C23H21F2N5O/c1-12(23(31)28-21-10-26-20-4-2-3-5-29(20)21)22-14-6-13(7-15(14)22)30-11-27-18-8-16(24)17(25)9-19(18)30/h2-5,8-15,22H,6-7H2,1H3,(H,28,31)/t12?,13?,14-,15+,22?. The number of halogens is 2. The molecule has 6 rings (SSSR count). The van der Waals surface area contributed by atoms with Crippen molar-refractivity contribution in [2.75, 3.05) is 5.32 Å². The molecular weight excluding hydrogens is 400 g/mol. The van der Waals surface area contributed by atoms with Crippen molar-refractivity contribution in [2.45, 2.75) is 25.8 Å². The van der Waals surface area contributed by atoms with Crippen molar-refractivity contribution in [3.05, 3.63) is 60.7 Å². The Morgan fingerprint density at radius 3 is 2.74 bits per heavy atom. The van der Waals surface area contributed by atoms with Gasteiger partial charge in [0.2, 0.25) is 5.91 Å². The van der Waals surface area contributed by atoms with E-state index in [4.69, 9.17) is 0 Å². The summed E-state index contributed by atoms with van der Waals surface area (Å²) in [6.45, 7) is 1.99. The lowest BCUT2D eigenvalue weighted by molar-refractivity contribution is -0.120. The monoisotopic (exact) mass is 421 g/mol. The molecule has 6 nitrogen and oxygen atoms in total. The first-order valence-corrected chi connectivity index (χ1v) is 10.6. The summed E-state index contributed by atoms with van der Waals surface area (Å²) in [7, 11) is 0. The summed E-state index contributed by atoms with van der Waals surface area (Å²) in [5.74, 6) is 0.135. The van der Waals surface area contributed by atoms with Gasteiger partial charge in [0, 0.05) is 30.3 Å². The van der Waals surface area contributed by atoms with Crippen molar-refractivity contribution in [1.29, 1.82) is 0 Å². The molecule has 3 unspecified atom stereocenters. The molecule has 1 N–H and O–H groups in total. The Labute approximate surface area is 176 Å². The van der Waals surface area contributed by atoms with Gasteiger partial charge in [-0.05, 0) is 42.7 Å². The minimum absolute atomic E-state index is 0.00669. The van der Waals surface area contributed by atoms with E-state index in [9.17, 15) is 13.6 Å². The molecule has 2 aliphatic carbocycles. The Bertz CT molecular complexity index is 1320. The number of anilines is 1. The van der Waals surface area contributed by atoms with Crippen LogP contribution in [0.25, 0.3) is 16.7 Å². The fraction of sp³-hybridized carbons (Fsp3) is 0.348. The molecule has 0 saturated heterocycles. The molecule has 1 aromatic carbocycles.